The molecule has 1 aliphatic rings. The highest BCUT2D eigenvalue weighted by Crippen LogP contribution is 2.41. The summed E-state index contributed by atoms with van der Waals surface area (Å²) in [5, 5.41) is 0. The summed E-state index contributed by atoms with van der Waals surface area (Å²) in [7, 11) is 1.48. The van der Waals surface area contributed by atoms with Crippen LogP contribution >= 0.6 is 11.9 Å². The van der Waals surface area contributed by atoms with Gasteiger partial charge < -0.3 is 15.2 Å². The van der Waals surface area contributed by atoms with Crippen LogP contribution in [-0.4, -0.2) is 18.7 Å². The van der Waals surface area contributed by atoms with E-state index in [-0.39, 0.29) is 28.4 Å². The highest BCUT2D eigenvalue weighted by Gasteiger charge is 2.35. The molecule has 1 aliphatic carbocycles. The van der Waals surface area contributed by atoms with Crippen molar-refractivity contribution < 1.29 is 14.3 Å². The van der Waals surface area contributed by atoms with Crippen LogP contribution in [0.15, 0.2) is 59.5 Å². The number of fused-ring (bicyclic) bond motifs is 2. The van der Waals surface area contributed by atoms with Gasteiger partial charge >= 0.3 is 0 Å². The highest BCUT2D eigenvalue weighted by atomic mass is 32.2. The number of aryl methyl sites for hydroxylation is 1. The van der Waals surface area contributed by atoms with E-state index in [1.807, 2.05) is 45.0 Å². The lowest BCUT2D eigenvalue weighted by atomic mass is 9.82. The Morgan fingerprint density at radius 2 is 1.47 bits per heavy atom. The van der Waals surface area contributed by atoms with E-state index in [0.29, 0.717) is 22.6 Å². The molecule has 30 heavy (non-hydrogen) atoms. The summed E-state index contributed by atoms with van der Waals surface area (Å²) in [6, 6.07) is 16.4. The van der Waals surface area contributed by atoms with Gasteiger partial charge in [0.15, 0.2) is 11.6 Å². The molecule has 0 atom stereocenters. The van der Waals surface area contributed by atoms with E-state index in [2.05, 4.69) is 4.72 Å². The molecule has 0 amide bonds. The third-order valence-electron chi connectivity index (χ3n) is 4.72. The summed E-state index contributed by atoms with van der Waals surface area (Å²) < 4.78 is 8.55. The maximum atomic E-state index is 13.2. The first-order valence-corrected chi connectivity index (χ1v) is 10.5. The van der Waals surface area contributed by atoms with Crippen molar-refractivity contribution in [2.75, 3.05) is 17.6 Å². The number of carbonyl (C=O) groups excluding carboxylic acids is 2. The number of hydrogen-bond acceptors (Lipinski definition) is 6. The number of carbonyl (C=O) groups is 2. The van der Waals surface area contributed by atoms with Crippen molar-refractivity contribution in [2.45, 2.75) is 25.7 Å². The molecular formula is C24H24N2O3S. The Kier molecular flexibility index (Phi) is 6.47. The van der Waals surface area contributed by atoms with E-state index in [1.54, 1.807) is 30.3 Å². The molecule has 0 saturated carbocycles. The largest absolute Gasteiger partial charge is 0.494 e. The summed E-state index contributed by atoms with van der Waals surface area (Å²) in [5.74, 6) is -0.150. The standard InChI is InChI=1S/C22H18N2O3S.C2H6/c1-12-7-9-13(10-8-12)28-24-16-11-17(27-2)20(23)19-18(16)21(25)14-5-3-4-6-15(14)22(19)26;1-2/h3-11,24H,23H2,1-2H3;1-2H3. The van der Waals surface area contributed by atoms with Crippen molar-refractivity contribution in [3.63, 3.8) is 0 Å². The summed E-state index contributed by atoms with van der Waals surface area (Å²) in [6.45, 7) is 6.02. The molecule has 3 aromatic rings. The summed E-state index contributed by atoms with van der Waals surface area (Å²) in [6.07, 6.45) is 0. The number of methoxy groups -OCH3 is 1. The van der Waals surface area contributed by atoms with E-state index in [0.717, 1.165) is 10.5 Å². The Balaban J connectivity index is 0.00000124. The molecule has 0 fully saturated rings. The van der Waals surface area contributed by atoms with Crippen LogP contribution in [0.2, 0.25) is 0 Å². The first-order chi connectivity index (χ1) is 14.5. The Labute approximate surface area is 180 Å². The van der Waals surface area contributed by atoms with Crippen molar-refractivity contribution in [1.29, 1.82) is 0 Å². The molecule has 6 heteroatoms. The second-order valence-electron chi connectivity index (χ2n) is 6.51. The van der Waals surface area contributed by atoms with Crippen molar-refractivity contribution in [2.24, 2.45) is 0 Å². The second-order valence-corrected chi connectivity index (χ2v) is 7.39. The van der Waals surface area contributed by atoms with Gasteiger partial charge in [0.2, 0.25) is 0 Å². The lowest BCUT2D eigenvalue weighted by Crippen LogP contribution is -2.23. The quantitative estimate of drug-likeness (QED) is 0.335. The maximum Gasteiger partial charge on any atom is 0.196 e. The van der Waals surface area contributed by atoms with Gasteiger partial charge in [-0.15, -0.1) is 0 Å². The number of rotatable bonds is 4. The van der Waals surface area contributed by atoms with E-state index in [9.17, 15) is 9.59 Å². The number of ether oxygens (including phenoxy) is 1. The minimum Gasteiger partial charge on any atom is -0.494 e. The van der Waals surface area contributed by atoms with E-state index in [4.69, 9.17) is 10.5 Å². The van der Waals surface area contributed by atoms with Crippen LogP contribution in [0.5, 0.6) is 5.75 Å². The van der Waals surface area contributed by atoms with Gasteiger partial charge in [0, 0.05) is 22.1 Å². The van der Waals surface area contributed by atoms with Gasteiger partial charge in [0.05, 0.1) is 29.6 Å². The van der Waals surface area contributed by atoms with Gasteiger partial charge in [-0.25, -0.2) is 0 Å². The number of nitrogens with one attached hydrogen (secondary N) is 1. The minimum absolute atomic E-state index is 0.177. The minimum atomic E-state index is -0.273. The van der Waals surface area contributed by atoms with Gasteiger partial charge in [0.25, 0.3) is 0 Å². The lowest BCUT2D eigenvalue weighted by molar-refractivity contribution is 0.0980. The summed E-state index contributed by atoms with van der Waals surface area (Å²) in [4.78, 5) is 27.2. The molecular weight excluding hydrogens is 396 g/mol. The van der Waals surface area contributed by atoms with Crippen LogP contribution in [0.25, 0.3) is 0 Å². The molecule has 0 radical (unpaired) electrons. The molecule has 0 bridgehead atoms. The topological polar surface area (TPSA) is 81.4 Å². The van der Waals surface area contributed by atoms with Gasteiger partial charge in [-0.3, -0.25) is 9.59 Å². The molecule has 0 aliphatic heterocycles. The molecule has 0 heterocycles. The molecule has 3 aromatic carbocycles. The van der Waals surface area contributed by atoms with Gasteiger partial charge in [-0.1, -0.05) is 55.8 Å². The van der Waals surface area contributed by atoms with Gasteiger partial charge in [-0.05, 0) is 31.0 Å². The van der Waals surface area contributed by atoms with Crippen LogP contribution in [0.1, 0.15) is 51.3 Å². The predicted molar refractivity (Wildman–Crippen MR) is 123 cm³/mol. The SMILES string of the molecule is CC.COc1cc(NSc2ccc(C)cc2)c2c(c1N)C(=O)c1ccccc1C2=O. The average Bonchev–Trinajstić information content (AvgIpc) is 2.78. The zero-order valence-electron chi connectivity index (χ0n) is 17.4. The fourth-order valence-electron chi connectivity index (χ4n) is 3.26. The van der Waals surface area contributed by atoms with Crippen molar-refractivity contribution >= 4 is 34.9 Å². The molecule has 0 aromatic heterocycles. The van der Waals surface area contributed by atoms with Crippen LogP contribution in [-0.2, 0) is 0 Å². The Bertz CT molecular complexity index is 1110. The lowest BCUT2D eigenvalue weighted by Gasteiger charge is -2.23. The van der Waals surface area contributed by atoms with Gasteiger partial charge in [-0.2, -0.15) is 0 Å². The molecule has 5 nitrogen and oxygen atoms in total. The molecule has 154 valence electrons. The number of hydrogen-bond donors (Lipinski definition) is 2. The second kappa shape index (κ2) is 9.05. The Morgan fingerprint density at radius 1 is 0.900 bits per heavy atom. The number of ketones is 2. The first-order valence-electron chi connectivity index (χ1n) is 9.69. The van der Waals surface area contributed by atoms with Crippen LogP contribution < -0.4 is 15.2 Å². The van der Waals surface area contributed by atoms with E-state index in [1.165, 1.54) is 19.1 Å². The molecule has 4 rings (SSSR count). The van der Waals surface area contributed by atoms with Crippen molar-refractivity contribution in [1.82, 2.24) is 0 Å². The van der Waals surface area contributed by atoms with Crippen LogP contribution in [0.3, 0.4) is 0 Å². The number of nitrogens with two attached hydrogens (primary N) is 1. The number of anilines is 2. The average molecular weight is 421 g/mol. The fourth-order valence-corrected chi connectivity index (χ4v) is 3.92. The van der Waals surface area contributed by atoms with E-state index >= 15 is 0 Å². The third kappa shape index (κ3) is 3.78. The fraction of sp³-hybridized carbons (Fsp3) is 0.167. The number of nitrogen functional groups attached to an aromatic ring is 1. The monoisotopic (exact) mass is 420 g/mol. The predicted octanol–water partition coefficient (Wildman–Crippen LogP) is 5.51. The summed E-state index contributed by atoms with van der Waals surface area (Å²) in [5.41, 5.74) is 9.23. The smallest absolute Gasteiger partial charge is 0.196 e. The van der Waals surface area contributed by atoms with Crippen LogP contribution in [0, 0.1) is 6.92 Å². The molecule has 0 spiro atoms. The maximum absolute atomic E-state index is 13.2. The Hall–Kier alpha value is -3.25. The molecule has 3 N–H and O–H groups in total. The van der Waals surface area contributed by atoms with Gasteiger partial charge in [0.1, 0.15) is 5.75 Å². The van der Waals surface area contributed by atoms with Crippen molar-refractivity contribution in [3.8, 4) is 5.75 Å². The normalized spacial score (nSPS) is 11.7. The Morgan fingerprint density at radius 3 is 2.03 bits per heavy atom. The first kappa shape index (κ1) is 21.5. The third-order valence-corrected chi connectivity index (χ3v) is 5.55. The number of benzene rings is 3. The van der Waals surface area contributed by atoms with Crippen LogP contribution in [0.4, 0.5) is 11.4 Å². The zero-order valence-corrected chi connectivity index (χ0v) is 18.2. The molecule has 0 unspecified atom stereocenters. The molecule has 0 saturated heterocycles. The van der Waals surface area contributed by atoms with E-state index < -0.39 is 0 Å². The highest BCUT2D eigenvalue weighted by molar-refractivity contribution is 8.00. The zero-order chi connectivity index (χ0) is 21.8. The summed E-state index contributed by atoms with van der Waals surface area (Å²) >= 11 is 1.35. The van der Waals surface area contributed by atoms with Crippen molar-refractivity contribution in [3.05, 3.63) is 82.4 Å².